The van der Waals surface area contributed by atoms with Gasteiger partial charge in [0.25, 0.3) is 5.91 Å². The van der Waals surface area contributed by atoms with E-state index in [0.717, 1.165) is 0 Å². The van der Waals surface area contributed by atoms with Gasteiger partial charge in [0.2, 0.25) is 0 Å². The second-order valence-electron chi connectivity index (χ2n) is 3.86. The largest absolute Gasteiger partial charge is 0.452 e. The van der Waals surface area contributed by atoms with E-state index < -0.39 is 24.0 Å². The van der Waals surface area contributed by atoms with E-state index in [2.05, 4.69) is 0 Å². The molecule has 0 spiro atoms. The number of urea groups is 1. The van der Waals surface area contributed by atoms with Crippen molar-refractivity contribution in [3.8, 4) is 0 Å². The Morgan fingerprint density at radius 2 is 1.85 bits per heavy atom. The van der Waals surface area contributed by atoms with Crippen molar-refractivity contribution in [3.05, 3.63) is 33.8 Å². The van der Waals surface area contributed by atoms with Crippen LogP contribution in [-0.4, -0.2) is 24.0 Å². The highest BCUT2D eigenvalue weighted by atomic mass is 35.5. The molecule has 3 N–H and O–H groups in total. The van der Waals surface area contributed by atoms with E-state index in [-0.39, 0.29) is 6.42 Å². The molecular formula is C12H12Cl2N2O4. The summed E-state index contributed by atoms with van der Waals surface area (Å²) in [7, 11) is 0. The molecule has 1 atom stereocenters. The summed E-state index contributed by atoms with van der Waals surface area (Å²) in [5, 5.41) is 2.45. The molecule has 0 aliphatic rings. The predicted octanol–water partition coefficient (Wildman–Crippen LogP) is 1.66. The van der Waals surface area contributed by atoms with Gasteiger partial charge in [-0.25, -0.2) is 4.79 Å². The highest BCUT2D eigenvalue weighted by Crippen LogP contribution is 2.24. The summed E-state index contributed by atoms with van der Waals surface area (Å²) in [6.07, 6.45) is -1.34. The monoisotopic (exact) mass is 318 g/mol. The standard InChI is InChI=1S/C12H12Cl2N2O4/c1-6(11(18)16-12(15)19)20-10(17)5-7-8(13)3-2-4-9(7)14/h2-4,6H,5H2,1H3,(H3,15,16,18,19)/t6-/m0/s1. The average molecular weight is 319 g/mol. The number of nitrogens with two attached hydrogens (primary N) is 1. The zero-order valence-corrected chi connectivity index (χ0v) is 12.0. The highest BCUT2D eigenvalue weighted by Gasteiger charge is 2.20. The van der Waals surface area contributed by atoms with E-state index in [9.17, 15) is 14.4 Å². The van der Waals surface area contributed by atoms with Crippen LogP contribution in [0.25, 0.3) is 0 Å². The van der Waals surface area contributed by atoms with Gasteiger partial charge in [0.1, 0.15) is 0 Å². The number of hydrogen-bond acceptors (Lipinski definition) is 4. The number of rotatable bonds is 4. The first-order valence-corrected chi connectivity index (χ1v) is 6.29. The molecule has 0 aromatic heterocycles. The number of carbonyl (C=O) groups excluding carboxylic acids is 3. The van der Waals surface area contributed by atoms with Crippen molar-refractivity contribution in [1.82, 2.24) is 5.32 Å². The Labute approximate surface area is 125 Å². The van der Waals surface area contributed by atoms with Gasteiger partial charge in [-0.3, -0.25) is 14.9 Å². The van der Waals surface area contributed by atoms with Crippen LogP contribution in [0.5, 0.6) is 0 Å². The lowest BCUT2D eigenvalue weighted by Gasteiger charge is -2.12. The Hall–Kier alpha value is -1.79. The summed E-state index contributed by atoms with van der Waals surface area (Å²) in [6, 6.07) is 3.79. The van der Waals surface area contributed by atoms with E-state index in [0.29, 0.717) is 15.6 Å². The smallest absolute Gasteiger partial charge is 0.318 e. The van der Waals surface area contributed by atoms with Gasteiger partial charge in [-0.1, -0.05) is 29.3 Å². The molecule has 3 amide bonds. The molecule has 0 aliphatic carbocycles. The fourth-order valence-corrected chi connectivity index (χ4v) is 1.89. The van der Waals surface area contributed by atoms with Crippen molar-refractivity contribution in [2.75, 3.05) is 0 Å². The first-order valence-electron chi connectivity index (χ1n) is 5.54. The van der Waals surface area contributed by atoms with Gasteiger partial charge in [-0.2, -0.15) is 0 Å². The van der Waals surface area contributed by atoms with Gasteiger partial charge in [0, 0.05) is 15.6 Å². The first kappa shape index (κ1) is 16.3. The van der Waals surface area contributed by atoms with Crippen molar-refractivity contribution < 1.29 is 19.1 Å². The number of imide groups is 1. The van der Waals surface area contributed by atoms with Crippen LogP contribution in [0.2, 0.25) is 10.0 Å². The summed E-state index contributed by atoms with van der Waals surface area (Å²) < 4.78 is 4.85. The van der Waals surface area contributed by atoms with Gasteiger partial charge in [0.05, 0.1) is 6.42 Å². The quantitative estimate of drug-likeness (QED) is 0.825. The third-order valence-corrected chi connectivity index (χ3v) is 3.01. The average Bonchev–Trinajstić information content (AvgIpc) is 2.33. The molecule has 20 heavy (non-hydrogen) atoms. The van der Waals surface area contributed by atoms with E-state index in [1.807, 2.05) is 0 Å². The van der Waals surface area contributed by atoms with Gasteiger partial charge in [-0.05, 0) is 19.1 Å². The number of primary amides is 1. The predicted molar refractivity (Wildman–Crippen MR) is 73.4 cm³/mol. The molecule has 8 heteroatoms. The number of nitrogens with one attached hydrogen (secondary N) is 1. The third kappa shape index (κ3) is 4.71. The summed E-state index contributed by atoms with van der Waals surface area (Å²) >= 11 is 11.8. The maximum atomic E-state index is 11.7. The number of esters is 1. The van der Waals surface area contributed by atoms with Crippen LogP contribution < -0.4 is 11.1 Å². The lowest BCUT2D eigenvalue weighted by Crippen LogP contribution is -2.42. The maximum absolute atomic E-state index is 11.7. The van der Waals surface area contributed by atoms with Crippen molar-refractivity contribution in [3.63, 3.8) is 0 Å². The second-order valence-corrected chi connectivity index (χ2v) is 4.68. The normalized spacial score (nSPS) is 11.6. The molecule has 1 aromatic carbocycles. The third-order valence-electron chi connectivity index (χ3n) is 2.31. The number of amides is 3. The van der Waals surface area contributed by atoms with Crippen LogP contribution in [0.4, 0.5) is 4.79 Å². The Kier molecular flexibility index (Phi) is 5.79. The molecule has 0 fully saturated rings. The van der Waals surface area contributed by atoms with Crippen LogP contribution in [0, 0.1) is 0 Å². The Morgan fingerprint density at radius 1 is 1.30 bits per heavy atom. The molecule has 0 aliphatic heterocycles. The number of carbonyl (C=O) groups is 3. The molecule has 1 aromatic rings. The number of benzene rings is 1. The SMILES string of the molecule is C[C@H](OC(=O)Cc1c(Cl)cccc1Cl)C(=O)NC(N)=O. The Morgan fingerprint density at radius 3 is 2.35 bits per heavy atom. The van der Waals surface area contributed by atoms with Crippen LogP contribution in [-0.2, 0) is 20.7 Å². The van der Waals surface area contributed by atoms with E-state index >= 15 is 0 Å². The molecule has 1 rings (SSSR count). The van der Waals surface area contributed by atoms with Crippen LogP contribution >= 0.6 is 23.2 Å². The van der Waals surface area contributed by atoms with E-state index in [4.69, 9.17) is 33.7 Å². The lowest BCUT2D eigenvalue weighted by molar-refractivity contribution is -0.153. The van der Waals surface area contributed by atoms with Gasteiger partial charge >= 0.3 is 12.0 Å². The molecule has 0 unspecified atom stereocenters. The summed E-state index contributed by atoms with van der Waals surface area (Å²) in [5.41, 5.74) is 5.18. The van der Waals surface area contributed by atoms with Crippen molar-refractivity contribution in [2.24, 2.45) is 5.73 Å². The van der Waals surface area contributed by atoms with Crippen LogP contribution in [0.15, 0.2) is 18.2 Å². The number of halogens is 2. The molecule has 0 saturated heterocycles. The summed E-state index contributed by atoms with van der Waals surface area (Å²) in [4.78, 5) is 33.5. The minimum absolute atomic E-state index is 0.188. The molecule has 108 valence electrons. The van der Waals surface area contributed by atoms with Gasteiger partial charge in [-0.15, -0.1) is 0 Å². The molecule has 6 nitrogen and oxygen atoms in total. The molecule has 0 heterocycles. The van der Waals surface area contributed by atoms with E-state index in [1.54, 1.807) is 23.5 Å². The van der Waals surface area contributed by atoms with Crippen molar-refractivity contribution in [2.45, 2.75) is 19.4 Å². The van der Waals surface area contributed by atoms with Crippen LogP contribution in [0.1, 0.15) is 12.5 Å². The zero-order valence-electron chi connectivity index (χ0n) is 10.5. The summed E-state index contributed by atoms with van der Waals surface area (Å²) in [6.45, 7) is 1.31. The minimum Gasteiger partial charge on any atom is -0.452 e. The number of hydrogen-bond donors (Lipinski definition) is 2. The fourth-order valence-electron chi connectivity index (χ4n) is 1.36. The van der Waals surface area contributed by atoms with Crippen LogP contribution in [0.3, 0.4) is 0 Å². The first-order chi connectivity index (χ1) is 9.31. The minimum atomic E-state index is -1.16. The lowest BCUT2D eigenvalue weighted by atomic mass is 10.1. The van der Waals surface area contributed by atoms with Crippen molar-refractivity contribution in [1.29, 1.82) is 0 Å². The Balaban J connectivity index is 2.64. The zero-order chi connectivity index (χ0) is 15.3. The topological polar surface area (TPSA) is 98.5 Å². The maximum Gasteiger partial charge on any atom is 0.318 e. The second kappa shape index (κ2) is 7.12. The highest BCUT2D eigenvalue weighted by molar-refractivity contribution is 6.36. The fraction of sp³-hybridized carbons (Fsp3) is 0.250. The molecular weight excluding hydrogens is 307 g/mol. The molecule has 0 bridgehead atoms. The summed E-state index contributed by atoms with van der Waals surface area (Å²) in [5.74, 6) is -1.51. The van der Waals surface area contributed by atoms with Crippen molar-refractivity contribution >= 4 is 41.1 Å². The van der Waals surface area contributed by atoms with Gasteiger partial charge < -0.3 is 10.5 Å². The Bertz CT molecular complexity index is 528. The van der Waals surface area contributed by atoms with Gasteiger partial charge in [0.15, 0.2) is 6.10 Å². The molecule has 0 saturated carbocycles. The molecule has 0 radical (unpaired) electrons. The van der Waals surface area contributed by atoms with E-state index in [1.165, 1.54) is 6.92 Å². The number of ether oxygens (including phenoxy) is 1.